The van der Waals surface area contributed by atoms with Gasteiger partial charge < -0.3 is 5.11 Å². The number of benzene rings is 1. The highest BCUT2D eigenvalue weighted by Gasteiger charge is 2.34. The molecule has 2 rings (SSSR count). The van der Waals surface area contributed by atoms with Gasteiger partial charge in [0.2, 0.25) is 0 Å². The summed E-state index contributed by atoms with van der Waals surface area (Å²) in [6.45, 7) is 6.62. The van der Waals surface area contributed by atoms with Gasteiger partial charge in [-0.3, -0.25) is 4.79 Å². The molecule has 0 heterocycles. The molecule has 0 aliphatic heterocycles. The highest BCUT2D eigenvalue weighted by atomic mass is 16.4. The second-order valence-electron chi connectivity index (χ2n) is 6.89. The Balaban J connectivity index is 2.08. The third-order valence-electron chi connectivity index (χ3n) is 5.13. The molecule has 21 heavy (non-hydrogen) atoms. The van der Waals surface area contributed by atoms with Crippen LogP contribution >= 0.6 is 0 Å². The maximum absolute atomic E-state index is 11.5. The lowest BCUT2D eigenvalue weighted by Gasteiger charge is -2.33. The molecule has 0 aromatic heterocycles. The smallest absolute Gasteiger partial charge is 0.306 e. The van der Waals surface area contributed by atoms with Gasteiger partial charge in [0.1, 0.15) is 0 Å². The summed E-state index contributed by atoms with van der Waals surface area (Å²) in [4.78, 5) is 11.5. The molecule has 0 bridgehead atoms. The first-order valence-corrected chi connectivity index (χ1v) is 8.32. The van der Waals surface area contributed by atoms with Crippen molar-refractivity contribution in [1.82, 2.24) is 0 Å². The zero-order valence-corrected chi connectivity index (χ0v) is 13.5. The van der Waals surface area contributed by atoms with E-state index < -0.39 is 5.97 Å². The molecular formula is C19H28O2. The zero-order valence-electron chi connectivity index (χ0n) is 13.5. The molecule has 1 aliphatic carbocycles. The molecule has 0 amide bonds. The number of hydrogen-bond acceptors (Lipinski definition) is 1. The normalized spacial score (nSPS) is 26.0. The summed E-state index contributed by atoms with van der Waals surface area (Å²) in [7, 11) is 0. The molecular weight excluding hydrogens is 260 g/mol. The summed E-state index contributed by atoms with van der Waals surface area (Å²) < 4.78 is 0. The predicted molar refractivity (Wildman–Crippen MR) is 86.5 cm³/mol. The Kier molecular flexibility index (Phi) is 5.44. The van der Waals surface area contributed by atoms with Crippen LogP contribution in [0.4, 0.5) is 0 Å². The Morgan fingerprint density at radius 1 is 1.24 bits per heavy atom. The lowest BCUT2D eigenvalue weighted by Crippen LogP contribution is -2.31. The van der Waals surface area contributed by atoms with Gasteiger partial charge in [0.25, 0.3) is 0 Å². The van der Waals surface area contributed by atoms with E-state index in [1.165, 1.54) is 17.5 Å². The molecule has 0 saturated heterocycles. The van der Waals surface area contributed by atoms with Crippen molar-refractivity contribution < 1.29 is 9.90 Å². The van der Waals surface area contributed by atoms with Crippen LogP contribution in [0.2, 0.25) is 0 Å². The van der Waals surface area contributed by atoms with Crippen LogP contribution in [0.15, 0.2) is 24.3 Å². The van der Waals surface area contributed by atoms with Crippen LogP contribution in [0.5, 0.6) is 0 Å². The van der Waals surface area contributed by atoms with Gasteiger partial charge in [0.15, 0.2) is 0 Å². The minimum Gasteiger partial charge on any atom is -0.481 e. The first-order chi connectivity index (χ1) is 10.0. The van der Waals surface area contributed by atoms with Crippen molar-refractivity contribution in [2.24, 2.45) is 17.8 Å². The van der Waals surface area contributed by atoms with Gasteiger partial charge in [-0.1, -0.05) is 51.5 Å². The number of aliphatic carboxylic acids is 1. The molecule has 2 heteroatoms. The third-order valence-corrected chi connectivity index (χ3v) is 5.13. The largest absolute Gasteiger partial charge is 0.481 e. The second kappa shape index (κ2) is 7.11. The number of hydrogen-bond donors (Lipinski definition) is 1. The predicted octanol–water partition coefficient (Wildman–Crippen LogP) is 4.88. The van der Waals surface area contributed by atoms with Crippen LogP contribution in [0.25, 0.3) is 0 Å². The average molecular weight is 288 g/mol. The Hall–Kier alpha value is -1.31. The molecule has 1 saturated carbocycles. The van der Waals surface area contributed by atoms with Crippen LogP contribution in [-0.2, 0) is 11.2 Å². The Labute approximate surface area is 128 Å². The number of carbonyl (C=O) groups is 1. The van der Waals surface area contributed by atoms with Gasteiger partial charge >= 0.3 is 5.97 Å². The fourth-order valence-electron chi connectivity index (χ4n) is 3.62. The molecule has 1 fully saturated rings. The van der Waals surface area contributed by atoms with E-state index in [-0.39, 0.29) is 5.92 Å². The summed E-state index contributed by atoms with van der Waals surface area (Å²) in [5.74, 6) is 0.794. The minimum absolute atomic E-state index is 0.155. The van der Waals surface area contributed by atoms with E-state index in [4.69, 9.17) is 0 Å². The lowest BCUT2D eigenvalue weighted by atomic mass is 9.71. The fraction of sp³-hybridized carbons (Fsp3) is 0.632. The summed E-state index contributed by atoms with van der Waals surface area (Å²) in [5.41, 5.74) is 2.64. The Morgan fingerprint density at radius 3 is 2.43 bits per heavy atom. The quantitative estimate of drug-likeness (QED) is 0.838. The van der Waals surface area contributed by atoms with Crippen molar-refractivity contribution in [2.75, 3.05) is 0 Å². The van der Waals surface area contributed by atoms with Gasteiger partial charge in [-0.2, -0.15) is 0 Å². The maximum atomic E-state index is 11.5. The van der Waals surface area contributed by atoms with Crippen molar-refractivity contribution in [3.05, 3.63) is 35.4 Å². The monoisotopic (exact) mass is 288 g/mol. The van der Waals surface area contributed by atoms with Crippen molar-refractivity contribution >= 4 is 5.97 Å². The molecule has 1 aromatic rings. The summed E-state index contributed by atoms with van der Waals surface area (Å²) >= 11 is 0. The summed E-state index contributed by atoms with van der Waals surface area (Å²) in [6, 6.07) is 8.75. The average Bonchev–Trinajstić information content (AvgIpc) is 2.47. The first kappa shape index (κ1) is 16.1. The van der Waals surface area contributed by atoms with E-state index in [1.807, 2.05) is 0 Å². The maximum Gasteiger partial charge on any atom is 0.306 e. The van der Waals surface area contributed by atoms with Gasteiger partial charge in [-0.25, -0.2) is 0 Å². The number of rotatable bonds is 5. The number of carboxylic acid groups (broad SMARTS) is 1. The van der Waals surface area contributed by atoms with Crippen LogP contribution in [-0.4, -0.2) is 11.1 Å². The van der Waals surface area contributed by atoms with Crippen LogP contribution in [0, 0.1) is 17.8 Å². The standard InChI is InChI=1S/C19H28O2/c1-4-14-7-10-18(19(20)21)17(11-14)12-15-5-8-16(9-6-15)13(2)3/h5-6,8-9,13-14,17-18H,4,7,10-12H2,1-3H3,(H,20,21). The number of carboxylic acids is 1. The molecule has 2 nitrogen and oxygen atoms in total. The SMILES string of the molecule is CCC1CCC(C(=O)O)C(Cc2ccc(C(C)C)cc2)C1. The molecule has 0 spiro atoms. The van der Waals surface area contributed by atoms with E-state index >= 15 is 0 Å². The molecule has 1 aromatic carbocycles. The molecule has 0 radical (unpaired) electrons. The van der Waals surface area contributed by atoms with E-state index in [0.717, 1.165) is 25.7 Å². The molecule has 1 N–H and O–H groups in total. The fourth-order valence-corrected chi connectivity index (χ4v) is 3.62. The van der Waals surface area contributed by atoms with Crippen molar-refractivity contribution in [2.45, 2.75) is 58.8 Å². The van der Waals surface area contributed by atoms with E-state index in [1.54, 1.807) is 0 Å². The highest BCUT2D eigenvalue weighted by molar-refractivity contribution is 5.70. The van der Waals surface area contributed by atoms with Crippen LogP contribution in [0.3, 0.4) is 0 Å². The van der Waals surface area contributed by atoms with Crippen LogP contribution in [0.1, 0.15) is 63.5 Å². The first-order valence-electron chi connectivity index (χ1n) is 8.32. The molecule has 3 atom stereocenters. The van der Waals surface area contributed by atoms with Gasteiger partial charge in [0.05, 0.1) is 5.92 Å². The van der Waals surface area contributed by atoms with Crippen LogP contribution < -0.4 is 0 Å². The Morgan fingerprint density at radius 2 is 1.90 bits per heavy atom. The summed E-state index contributed by atoms with van der Waals surface area (Å²) in [6.07, 6.45) is 5.08. The Bertz CT molecular complexity index is 461. The molecule has 3 unspecified atom stereocenters. The van der Waals surface area contributed by atoms with Crippen molar-refractivity contribution in [3.8, 4) is 0 Å². The van der Waals surface area contributed by atoms with Gasteiger partial charge in [-0.05, 0) is 54.6 Å². The second-order valence-corrected chi connectivity index (χ2v) is 6.89. The minimum atomic E-state index is -0.603. The van der Waals surface area contributed by atoms with Crippen molar-refractivity contribution in [1.29, 1.82) is 0 Å². The molecule has 116 valence electrons. The van der Waals surface area contributed by atoms with E-state index in [9.17, 15) is 9.90 Å². The molecule has 1 aliphatic rings. The third kappa shape index (κ3) is 4.09. The lowest BCUT2D eigenvalue weighted by molar-refractivity contribution is -0.145. The summed E-state index contributed by atoms with van der Waals surface area (Å²) in [5, 5.41) is 9.46. The van der Waals surface area contributed by atoms with Gasteiger partial charge in [0, 0.05) is 0 Å². The topological polar surface area (TPSA) is 37.3 Å². The highest BCUT2D eigenvalue weighted by Crippen LogP contribution is 2.37. The van der Waals surface area contributed by atoms with E-state index in [2.05, 4.69) is 45.0 Å². The van der Waals surface area contributed by atoms with Crippen molar-refractivity contribution in [3.63, 3.8) is 0 Å². The van der Waals surface area contributed by atoms with Gasteiger partial charge in [-0.15, -0.1) is 0 Å². The van der Waals surface area contributed by atoms with E-state index in [0.29, 0.717) is 17.8 Å². The zero-order chi connectivity index (χ0) is 15.4.